The highest BCUT2D eigenvalue weighted by Crippen LogP contribution is 2.47. The maximum absolute atomic E-state index is 15.0. The Hall–Kier alpha value is -4.60. The molecule has 4 aromatic heterocycles. The van der Waals surface area contributed by atoms with E-state index in [-0.39, 0.29) is 17.8 Å². The summed E-state index contributed by atoms with van der Waals surface area (Å²) in [6, 6.07) is 13.8. The molecule has 10 heteroatoms. The average molecular weight is 498 g/mol. The van der Waals surface area contributed by atoms with Crippen molar-refractivity contribution in [3.05, 3.63) is 84.5 Å². The number of pyridine rings is 2. The number of nitrogens with zero attached hydrogens (tertiary/aromatic N) is 6. The summed E-state index contributed by atoms with van der Waals surface area (Å²) in [5.41, 5.74) is 7.95. The van der Waals surface area contributed by atoms with E-state index < -0.39 is 5.91 Å². The number of fused-ring (bicyclic) bond motifs is 1. The first kappa shape index (κ1) is 22.8. The van der Waals surface area contributed by atoms with Crippen LogP contribution in [0, 0.1) is 5.82 Å². The molecule has 1 aliphatic rings. The molecule has 0 aliphatic heterocycles. The Morgan fingerprint density at radius 1 is 1.14 bits per heavy atom. The van der Waals surface area contributed by atoms with E-state index in [0.29, 0.717) is 53.9 Å². The summed E-state index contributed by atoms with van der Waals surface area (Å²) >= 11 is 0. The van der Waals surface area contributed by atoms with Gasteiger partial charge in [-0.3, -0.25) is 14.3 Å². The number of nitrogens with two attached hydrogens (primary N) is 1. The summed E-state index contributed by atoms with van der Waals surface area (Å²) in [5, 5.41) is 9.77. The van der Waals surface area contributed by atoms with Crippen molar-refractivity contribution in [1.82, 2.24) is 29.3 Å². The number of aromatic nitrogens is 6. The Bertz CT molecular complexity index is 1600. The van der Waals surface area contributed by atoms with Crippen molar-refractivity contribution < 1.29 is 13.9 Å². The number of carbonyl (C=O) groups is 1. The Labute approximate surface area is 211 Å². The summed E-state index contributed by atoms with van der Waals surface area (Å²) in [4.78, 5) is 20.8. The number of para-hydroxylation sites is 1. The Balaban J connectivity index is 1.38. The topological polar surface area (TPSA) is 114 Å². The van der Waals surface area contributed by atoms with Crippen molar-refractivity contribution in [1.29, 1.82) is 0 Å². The minimum absolute atomic E-state index is 0.00596. The summed E-state index contributed by atoms with van der Waals surface area (Å²) in [6.45, 7) is 2.44. The fourth-order valence-corrected chi connectivity index (χ4v) is 5.03. The quantitative estimate of drug-likeness (QED) is 0.356. The molecule has 6 rings (SSSR count). The molecule has 9 nitrogen and oxygen atoms in total. The molecule has 5 aromatic rings. The van der Waals surface area contributed by atoms with Crippen molar-refractivity contribution in [2.45, 2.75) is 31.7 Å². The third-order valence-corrected chi connectivity index (χ3v) is 6.79. The molecule has 186 valence electrons. The van der Waals surface area contributed by atoms with E-state index in [0.717, 1.165) is 10.9 Å². The summed E-state index contributed by atoms with van der Waals surface area (Å²) in [6.07, 6.45) is 6.42. The summed E-state index contributed by atoms with van der Waals surface area (Å²) < 4.78 is 24.2. The zero-order valence-electron chi connectivity index (χ0n) is 20.1. The highest BCUT2D eigenvalue weighted by Gasteiger charge is 2.38. The fourth-order valence-electron chi connectivity index (χ4n) is 5.03. The molecule has 4 heterocycles. The first-order chi connectivity index (χ1) is 18.0. The van der Waals surface area contributed by atoms with Crippen LogP contribution in [0.1, 0.15) is 48.0 Å². The van der Waals surface area contributed by atoms with Crippen LogP contribution in [0.2, 0.25) is 0 Å². The van der Waals surface area contributed by atoms with Gasteiger partial charge in [-0.05, 0) is 56.2 Å². The van der Waals surface area contributed by atoms with Crippen LogP contribution in [0.15, 0.2) is 67.1 Å². The van der Waals surface area contributed by atoms with E-state index in [1.54, 1.807) is 53.5 Å². The molecule has 0 bridgehead atoms. The fraction of sp³-hybridized carbons (Fsp3) is 0.222. The largest absolute Gasteiger partial charge is 0.492 e. The first-order valence-corrected chi connectivity index (χ1v) is 12.1. The number of halogens is 1. The number of carbonyl (C=O) groups excluding carboxylic acids is 1. The molecule has 37 heavy (non-hydrogen) atoms. The second-order valence-corrected chi connectivity index (χ2v) is 9.00. The van der Waals surface area contributed by atoms with E-state index in [2.05, 4.69) is 20.2 Å². The predicted molar refractivity (Wildman–Crippen MR) is 135 cm³/mol. The van der Waals surface area contributed by atoms with Crippen molar-refractivity contribution in [3.63, 3.8) is 0 Å². The van der Waals surface area contributed by atoms with Gasteiger partial charge in [0.2, 0.25) is 0 Å². The Kier molecular flexibility index (Phi) is 5.63. The molecule has 0 atom stereocenters. The number of ether oxygens (including phenoxy) is 1. The highest BCUT2D eigenvalue weighted by molar-refractivity contribution is 5.97. The first-order valence-electron chi connectivity index (χ1n) is 12.1. The van der Waals surface area contributed by atoms with Gasteiger partial charge in [-0.25, -0.2) is 9.37 Å². The number of benzene rings is 1. The highest BCUT2D eigenvalue weighted by atomic mass is 19.1. The smallest absolute Gasteiger partial charge is 0.265 e. The van der Waals surface area contributed by atoms with Crippen molar-refractivity contribution in [2.24, 2.45) is 5.73 Å². The summed E-state index contributed by atoms with van der Waals surface area (Å²) in [5.74, 6) is 0.857. The third-order valence-electron chi connectivity index (χ3n) is 6.79. The second kappa shape index (κ2) is 9.12. The molecule has 1 saturated carbocycles. The van der Waals surface area contributed by atoms with Gasteiger partial charge in [-0.2, -0.15) is 0 Å². The molecule has 1 amide bonds. The number of amides is 1. The van der Waals surface area contributed by atoms with Crippen LogP contribution in [0.4, 0.5) is 4.39 Å². The second-order valence-electron chi connectivity index (χ2n) is 9.00. The van der Waals surface area contributed by atoms with Crippen molar-refractivity contribution >= 4 is 16.8 Å². The van der Waals surface area contributed by atoms with E-state index in [1.165, 1.54) is 6.07 Å². The van der Waals surface area contributed by atoms with Crippen LogP contribution in [-0.4, -0.2) is 41.8 Å². The van der Waals surface area contributed by atoms with E-state index in [9.17, 15) is 4.79 Å². The normalized spacial score (nSPS) is 17.0. The number of rotatable bonds is 7. The van der Waals surface area contributed by atoms with Crippen molar-refractivity contribution in [2.75, 3.05) is 6.61 Å². The van der Waals surface area contributed by atoms with Crippen LogP contribution in [0.5, 0.6) is 5.75 Å². The number of hydrogen-bond acceptors (Lipinski definition) is 6. The molecule has 0 radical (unpaired) electrons. The molecular weight excluding hydrogens is 473 g/mol. The van der Waals surface area contributed by atoms with Crippen LogP contribution < -0.4 is 10.5 Å². The number of primary amides is 1. The van der Waals surface area contributed by atoms with Gasteiger partial charge < -0.3 is 15.0 Å². The molecule has 1 aromatic carbocycles. The molecule has 0 unspecified atom stereocenters. The van der Waals surface area contributed by atoms with E-state index >= 15 is 4.39 Å². The van der Waals surface area contributed by atoms with Gasteiger partial charge in [0.15, 0.2) is 5.82 Å². The van der Waals surface area contributed by atoms with Gasteiger partial charge in [0.1, 0.15) is 28.8 Å². The van der Waals surface area contributed by atoms with Crippen molar-refractivity contribution in [3.8, 4) is 23.0 Å². The molecule has 0 spiro atoms. The molecule has 2 N–H and O–H groups in total. The zero-order valence-corrected chi connectivity index (χ0v) is 20.1. The SMILES string of the molecule is CCOc1ccc(-c2nnc(C3CC(n4c(C(N)=O)cc5cnccc54)C3)n2-c2ccccc2F)nc1. The van der Waals surface area contributed by atoms with Gasteiger partial charge in [0.25, 0.3) is 5.91 Å². The van der Waals surface area contributed by atoms with Crippen LogP contribution in [0.25, 0.3) is 28.1 Å². The van der Waals surface area contributed by atoms with Gasteiger partial charge in [0, 0.05) is 29.7 Å². The lowest BCUT2D eigenvalue weighted by Gasteiger charge is -2.37. The molecular formula is C27H24FN7O2. The summed E-state index contributed by atoms with van der Waals surface area (Å²) in [7, 11) is 0. The van der Waals surface area contributed by atoms with Crippen LogP contribution in [-0.2, 0) is 0 Å². The molecule has 1 fully saturated rings. The monoisotopic (exact) mass is 497 g/mol. The minimum atomic E-state index is -0.488. The lowest BCUT2D eigenvalue weighted by molar-refractivity contribution is 0.0984. The Morgan fingerprint density at radius 2 is 1.97 bits per heavy atom. The number of hydrogen-bond donors (Lipinski definition) is 1. The van der Waals surface area contributed by atoms with Gasteiger partial charge in [-0.1, -0.05) is 12.1 Å². The minimum Gasteiger partial charge on any atom is -0.492 e. The van der Waals surface area contributed by atoms with E-state index in [4.69, 9.17) is 10.5 Å². The maximum Gasteiger partial charge on any atom is 0.265 e. The maximum atomic E-state index is 15.0. The standard InChI is InChI=1S/C27H24FN7O2/c1-2-37-19-7-8-21(31-15-19)27-33-32-26(35(27)23-6-4-3-5-20(23)28)16-11-18(12-16)34-22-9-10-30-14-17(22)13-24(34)25(29)36/h3-10,13-16,18H,2,11-12H2,1H3,(H2,29,36). The van der Waals surface area contributed by atoms with Gasteiger partial charge in [0.05, 0.1) is 24.0 Å². The van der Waals surface area contributed by atoms with E-state index in [1.807, 2.05) is 23.6 Å². The molecule has 0 saturated heterocycles. The van der Waals surface area contributed by atoms with Crippen LogP contribution >= 0.6 is 0 Å². The van der Waals surface area contributed by atoms with Gasteiger partial charge >= 0.3 is 0 Å². The third kappa shape index (κ3) is 3.90. The predicted octanol–water partition coefficient (Wildman–Crippen LogP) is 4.43. The van der Waals surface area contributed by atoms with Gasteiger partial charge in [-0.15, -0.1) is 10.2 Å². The molecule has 1 aliphatic carbocycles. The zero-order chi connectivity index (χ0) is 25.5. The van der Waals surface area contributed by atoms with Crippen LogP contribution in [0.3, 0.4) is 0 Å². The lowest BCUT2D eigenvalue weighted by atomic mass is 9.79. The Morgan fingerprint density at radius 3 is 2.70 bits per heavy atom. The lowest BCUT2D eigenvalue weighted by Crippen LogP contribution is -2.30. The average Bonchev–Trinajstić information content (AvgIpc) is 3.47.